The molecule has 0 amide bonds. The molecule has 0 aliphatic rings. The molecule has 0 bridgehead atoms. The Hall–Kier alpha value is -1.52. The zero-order valence-corrected chi connectivity index (χ0v) is 13.2. The van der Waals surface area contributed by atoms with Crippen LogP contribution in [0.3, 0.4) is 0 Å². The van der Waals surface area contributed by atoms with Gasteiger partial charge in [-0.2, -0.15) is 0 Å². The molecule has 102 valence electrons. The van der Waals surface area contributed by atoms with Crippen LogP contribution in [0.2, 0.25) is 5.02 Å². The third-order valence-corrected chi connectivity index (χ3v) is 4.62. The van der Waals surface area contributed by atoms with Crippen LogP contribution in [0.25, 0.3) is 5.65 Å². The Bertz CT molecular complexity index is 767. The minimum Gasteiger partial charge on any atom is -0.378 e. The molecule has 2 heterocycles. The molecule has 0 saturated heterocycles. The lowest BCUT2D eigenvalue weighted by Gasteiger charge is -2.10. The second-order valence-corrected chi connectivity index (χ2v) is 5.73. The fourth-order valence-corrected chi connectivity index (χ4v) is 2.78. The molecule has 0 unspecified atom stereocenters. The zero-order chi connectivity index (χ0) is 14.1. The lowest BCUT2D eigenvalue weighted by atomic mass is 10.3. The summed E-state index contributed by atoms with van der Waals surface area (Å²) in [6, 6.07) is 11.8. The summed E-state index contributed by atoms with van der Waals surface area (Å²) >= 11 is 9.59. The summed E-state index contributed by atoms with van der Waals surface area (Å²) < 4.78 is 2.98. The topological polar surface area (TPSA) is 29.3 Å². The van der Waals surface area contributed by atoms with Crippen molar-refractivity contribution in [1.82, 2.24) is 9.38 Å². The molecule has 20 heavy (non-hydrogen) atoms. The van der Waals surface area contributed by atoms with E-state index in [2.05, 4.69) is 30.6 Å². The number of halogens is 2. The monoisotopic (exact) mass is 349 g/mol. The summed E-state index contributed by atoms with van der Waals surface area (Å²) in [5, 5.41) is 4.10. The molecule has 3 nitrogen and oxygen atoms in total. The molecule has 0 aliphatic carbocycles. The first-order valence-corrected chi connectivity index (χ1v) is 7.44. The number of benzene rings is 1. The molecule has 0 fully saturated rings. The molecular weight excluding hydrogens is 338 g/mol. The number of rotatable bonds is 3. The minimum atomic E-state index is 0.690. The van der Waals surface area contributed by atoms with E-state index in [1.54, 1.807) is 0 Å². The summed E-state index contributed by atoms with van der Waals surface area (Å²) in [5.74, 6) is 0. The molecule has 0 spiro atoms. The molecule has 0 aliphatic heterocycles. The molecule has 0 saturated carbocycles. The van der Waals surface area contributed by atoms with Crippen molar-refractivity contribution in [3.8, 4) is 0 Å². The molecule has 1 N–H and O–H groups in total. The number of aryl methyl sites for hydroxylation is 1. The van der Waals surface area contributed by atoms with E-state index in [1.165, 1.54) is 0 Å². The Morgan fingerprint density at radius 3 is 2.95 bits per heavy atom. The van der Waals surface area contributed by atoms with Gasteiger partial charge in [-0.05, 0) is 47.1 Å². The van der Waals surface area contributed by atoms with Crippen LogP contribution in [0, 0.1) is 6.92 Å². The maximum Gasteiger partial charge on any atom is 0.137 e. The van der Waals surface area contributed by atoms with E-state index in [0.717, 1.165) is 27.2 Å². The van der Waals surface area contributed by atoms with E-state index >= 15 is 0 Å². The SMILES string of the molecule is Cc1nc2ccccn2c1CNc1cccc(Cl)c1Br. The van der Waals surface area contributed by atoms with Crippen molar-refractivity contribution < 1.29 is 0 Å². The Morgan fingerprint density at radius 2 is 2.10 bits per heavy atom. The number of aromatic nitrogens is 2. The van der Waals surface area contributed by atoms with Crippen molar-refractivity contribution in [1.29, 1.82) is 0 Å². The third-order valence-electron chi connectivity index (χ3n) is 3.23. The van der Waals surface area contributed by atoms with Crippen molar-refractivity contribution >= 4 is 38.9 Å². The van der Waals surface area contributed by atoms with Gasteiger partial charge in [0.2, 0.25) is 0 Å². The van der Waals surface area contributed by atoms with Crippen LogP contribution >= 0.6 is 27.5 Å². The number of nitrogens with one attached hydrogen (secondary N) is 1. The van der Waals surface area contributed by atoms with E-state index in [4.69, 9.17) is 11.6 Å². The van der Waals surface area contributed by atoms with Crippen LogP contribution in [-0.4, -0.2) is 9.38 Å². The van der Waals surface area contributed by atoms with Gasteiger partial charge in [-0.3, -0.25) is 0 Å². The van der Waals surface area contributed by atoms with E-state index in [9.17, 15) is 0 Å². The van der Waals surface area contributed by atoms with Gasteiger partial charge >= 0.3 is 0 Å². The average molecular weight is 351 g/mol. The van der Waals surface area contributed by atoms with E-state index in [0.29, 0.717) is 11.6 Å². The second-order valence-electron chi connectivity index (χ2n) is 4.53. The molecule has 0 atom stereocenters. The number of hydrogen-bond donors (Lipinski definition) is 1. The van der Waals surface area contributed by atoms with Gasteiger partial charge in [-0.25, -0.2) is 4.98 Å². The van der Waals surface area contributed by atoms with Crippen LogP contribution in [0.15, 0.2) is 47.1 Å². The fraction of sp³-hybridized carbons (Fsp3) is 0.133. The highest BCUT2D eigenvalue weighted by molar-refractivity contribution is 9.10. The maximum absolute atomic E-state index is 6.10. The Morgan fingerprint density at radius 1 is 1.25 bits per heavy atom. The molecule has 2 aromatic heterocycles. The van der Waals surface area contributed by atoms with Gasteiger partial charge in [0.1, 0.15) is 5.65 Å². The van der Waals surface area contributed by atoms with Gasteiger partial charge < -0.3 is 9.72 Å². The molecule has 0 radical (unpaired) electrons. The van der Waals surface area contributed by atoms with Crippen LogP contribution in [0.1, 0.15) is 11.4 Å². The highest BCUT2D eigenvalue weighted by Crippen LogP contribution is 2.30. The van der Waals surface area contributed by atoms with Crippen LogP contribution in [0.4, 0.5) is 5.69 Å². The van der Waals surface area contributed by atoms with Crippen molar-refractivity contribution in [3.63, 3.8) is 0 Å². The molecular formula is C15H13BrClN3. The van der Waals surface area contributed by atoms with Gasteiger partial charge in [0.05, 0.1) is 33.1 Å². The molecule has 3 aromatic rings. The Balaban J connectivity index is 1.90. The fourth-order valence-electron chi connectivity index (χ4n) is 2.20. The molecule has 1 aromatic carbocycles. The lowest BCUT2D eigenvalue weighted by molar-refractivity contribution is 0.986. The first-order valence-electron chi connectivity index (χ1n) is 6.27. The summed E-state index contributed by atoms with van der Waals surface area (Å²) in [7, 11) is 0. The van der Waals surface area contributed by atoms with E-state index in [-0.39, 0.29) is 0 Å². The smallest absolute Gasteiger partial charge is 0.137 e. The third kappa shape index (κ3) is 2.41. The summed E-state index contributed by atoms with van der Waals surface area (Å²) in [6.07, 6.45) is 2.03. The first kappa shape index (κ1) is 13.5. The highest BCUT2D eigenvalue weighted by Gasteiger charge is 2.09. The normalized spacial score (nSPS) is 10.9. The predicted molar refractivity (Wildman–Crippen MR) is 86.4 cm³/mol. The molecule has 3 rings (SSSR count). The Labute approximate surface area is 130 Å². The lowest BCUT2D eigenvalue weighted by Crippen LogP contribution is -2.04. The van der Waals surface area contributed by atoms with Crippen LogP contribution < -0.4 is 5.32 Å². The van der Waals surface area contributed by atoms with Gasteiger partial charge in [0.25, 0.3) is 0 Å². The van der Waals surface area contributed by atoms with Crippen LogP contribution in [-0.2, 0) is 6.54 Å². The van der Waals surface area contributed by atoms with Crippen molar-refractivity contribution in [2.75, 3.05) is 5.32 Å². The quantitative estimate of drug-likeness (QED) is 0.743. The summed E-state index contributed by atoms with van der Waals surface area (Å²) in [4.78, 5) is 4.55. The number of nitrogens with zero attached hydrogens (tertiary/aromatic N) is 2. The standard InChI is InChI=1S/C15H13BrClN3/c1-10-13(20-8-3-2-7-14(20)19-10)9-18-12-6-4-5-11(17)15(12)16/h2-8,18H,9H2,1H3. The first-order chi connectivity index (χ1) is 9.66. The van der Waals surface area contributed by atoms with E-state index in [1.807, 2.05) is 49.5 Å². The van der Waals surface area contributed by atoms with Crippen molar-refractivity contribution in [3.05, 3.63) is 63.5 Å². The minimum absolute atomic E-state index is 0.690. The van der Waals surface area contributed by atoms with E-state index < -0.39 is 0 Å². The largest absolute Gasteiger partial charge is 0.378 e. The summed E-state index contributed by atoms with van der Waals surface area (Å²) in [5.41, 5.74) is 4.11. The van der Waals surface area contributed by atoms with Crippen molar-refractivity contribution in [2.45, 2.75) is 13.5 Å². The van der Waals surface area contributed by atoms with Gasteiger partial charge in [0.15, 0.2) is 0 Å². The van der Waals surface area contributed by atoms with Crippen molar-refractivity contribution in [2.24, 2.45) is 0 Å². The average Bonchev–Trinajstić information content (AvgIpc) is 2.76. The van der Waals surface area contributed by atoms with Gasteiger partial charge in [-0.15, -0.1) is 0 Å². The highest BCUT2D eigenvalue weighted by atomic mass is 79.9. The van der Waals surface area contributed by atoms with Crippen LogP contribution in [0.5, 0.6) is 0 Å². The van der Waals surface area contributed by atoms with Gasteiger partial charge in [-0.1, -0.05) is 23.7 Å². The van der Waals surface area contributed by atoms with Gasteiger partial charge in [0, 0.05) is 6.20 Å². The number of anilines is 1. The number of pyridine rings is 1. The Kier molecular flexibility index (Phi) is 3.68. The maximum atomic E-state index is 6.10. The predicted octanol–water partition coefficient (Wildman–Crippen LogP) is 4.67. The summed E-state index contributed by atoms with van der Waals surface area (Å²) in [6.45, 7) is 2.72. The zero-order valence-electron chi connectivity index (χ0n) is 10.9. The molecule has 5 heteroatoms. The number of fused-ring (bicyclic) bond motifs is 1. The second kappa shape index (κ2) is 5.46. The number of hydrogen-bond acceptors (Lipinski definition) is 2. The number of imidazole rings is 1.